The van der Waals surface area contributed by atoms with E-state index in [0.717, 1.165) is 9.50 Å². The highest BCUT2D eigenvalue weighted by Gasteiger charge is 2.46. The standard InChI is InChI=1S/C26H18BrCl/c1-17-14-23-25(24(27)15-17)21-13-12-20(28)16-22(21)26(23,18-8-4-2-5-9-18)19-10-6-3-7-11-19/h2-16H,1H3. The van der Waals surface area contributed by atoms with Crippen LogP contribution in [0.1, 0.15) is 27.8 Å². The van der Waals surface area contributed by atoms with Crippen LogP contribution in [0.3, 0.4) is 0 Å². The van der Waals surface area contributed by atoms with Crippen molar-refractivity contribution in [1.82, 2.24) is 0 Å². The highest BCUT2D eigenvalue weighted by Crippen LogP contribution is 2.58. The minimum atomic E-state index is -0.396. The van der Waals surface area contributed by atoms with Crippen LogP contribution in [0.4, 0.5) is 0 Å². The Morgan fingerprint density at radius 2 is 1.32 bits per heavy atom. The molecule has 1 aliphatic rings. The minimum Gasteiger partial charge on any atom is -0.0843 e. The predicted molar refractivity (Wildman–Crippen MR) is 121 cm³/mol. The molecule has 1 aliphatic carbocycles. The third kappa shape index (κ3) is 2.43. The van der Waals surface area contributed by atoms with Crippen LogP contribution in [0, 0.1) is 6.92 Å². The Kier molecular flexibility index (Phi) is 4.19. The molecular weight excluding hydrogens is 428 g/mol. The lowest BCUT2D eigenvalue weighted by molar-refractivity contribution is 0.767. The van der Waals surface area contributed by atoms with E-state index >= 15 is 0 Å². The third-order valence-corrected chi connectivity index (χ3v) is 6.57. The molecule has 0 atom stereocenters. The first-order valence-electron chi connectivity index (χ1n) is 9.34. The van der Waals surface area contributed by atoms with Gasteiger partial charge in [-0.05, 0) is 58.5 Å². The van der Waals surface area contributed by atoms with Gasteiger partial charge >= 0.3 is 0 Å². The van der Waals surface area contributed by atoms with Gasteiger partial charge in [0.05, 0.1) is 5.41 Å². The summed E-state index contributed by atoms with van der Waals surface area (Å²) in [4.78, 5) is 0. The molecule has 0 amide bonds. The van der Waals surface area contributed by atoms with Crippen molar-refractivity contribution >= 4 is 27.5 Å². The summed E-state index contributed by atoms with van der Waals surface area (Å²) >= 11 is 10.4. The summed E-state index contributed by atoms with van der Waals surface area (Å²) in [7, 11) is 0. The number of rotatable bonds is 2. The van der Waals surface area contributed by atoms with E-state index in [1.54, 1.807) is 0 Å². The summed E-state index contributed by atoms with van der Waals surface area (Å²) < 4.78 is 1.12. The van der Waals surface area contributed by atoms with E-state index in [4.69, 9.17) is 11.6 Å². The third-order valence-electron chi connectivity index (χ3n) is 5.71. The zero-order valence-corrected chi connectivity index (χ0v) is 17.8. The monoisotopic (exact) mass is 444 g/mol. The van der Waals surface area contributed by atoms with E-state index in [1.807, 2.05) is 6.07 Å². The maximum absolute atomic E-state index is 6.53. The molecule has 0 spiro atoms. The first-order chi connectivity index (χ1) is 13.6. The predicted octanol–water partition coefficient (Wildman–Crippen LogP) is 7.77. The van der Waals surface area contributed by atoms with Crippen LogP contribution in [-0.4, -0.2) is 0 Å². The Labute approximate surface area is 178 Å². The van der Waals surface area contributed by atoms with Gasteiger partial charge in [0.15, 0.2) is 0 Å². The van der Waals surface area contributed by atoms with Crippen LogP contribution in [-0.2, 0) is 5.41 Å². The van der Waals surface area contributed by atoms with E-state index in [2.05, 4.69) is 108 Å². The van der Waals surface area contributed by atoms with Gasteiger partial charge < -0.3 is 0 Å². The first-order valence-corrected chi connectivity index (χ1v) is 10.5. The molecule has 0 aliphatic heterocycles. The SMILES string of the molecule is Cc1cc(Br)c2c(c1)C(c1ccccc1)(c1ccccc1)c1cc(Cl)ccc1-2. The molecule has 136 valence electrons. The molecule has 0 bridgehead atoms. The largest absolute Gasteiger partial charge is 0.0843 e. The highest BCUT2D eigenvalue weighted by atomic mass is 79.9. The van der Waals surface area contributed by atoms with E-state index in [-0.39, 0.29) is 0 Å². The maximum Gasteiger partial charge on any atom is 0.0714 e. The molecule has 0 heterocycles. The first kappa shape index (κ1) is 17.7. The summed E-state index contributed by atoms with van der Waals surface area (Å²) in [5.74, 6) is 0. The highest BCUT2D eigenvalue weighted by molar-refractivity contribution is 9.10. The van der Waals surface area contributed by atoms with Gasteiger partial charge in [0, 0.05) is 15.1 Å². The fourth-order valence-corrected chi connectivity index (χ4v) is 5.63. The summed E-state index contributed by atoms with van der Waals surface area (Å²) in [6.07, 6.45) is 0. The van der Waals surface area contributed by atoms with Gasteiger partial charge in [0.25, 0.3) is 0 Å². The average Bonchev–Trinajstić information content (AvgIpc) is 2.99. The molecule has 2 heteroatoms. The van der Waals surface area contributed by atoms with Crippen LogP contribution < -0.4 is 0 Å². The van der Waals surface area contributed by atoms with Gasteiger partial charge in [-0.2, -0.15) is 0 Å². The number of benzene rings is 4. The van der Waals surface area contributed by atoms with E-state index in [1.165, 1.54) is 38.9 Å². The minimum absolute atomic E-state index is 0.396. The van der Waals surface area contributed by atoms with Crippen LogP contribution in [0.2, 0.25) is 5.02 Å². The zero-order chi connectivity index (χ0) is 19.3. The van der Waals surface area contributed by atoms with Crippen molar-refractivity contribution in [3.8, 4) is 11.1 Å². The number of hydrogen-bond donors (Lipinski definition) is 0. The van der Waals surface area contributed by atoms with Gasteiger partial charge in [-0.3, -0.25) is 0 Å². The molecule has 28 heavy (non-hydrogen) atoms. The molecule has 0 N–H and O–H groups in total. The molecular formula is C26H18BrCl. The van der Waals surface area contributed by atoms with Gasteiger partial charge in [0.2, 0.25) is 0 Å². The average molecular weight is 446 g/mol. The Balaban J connectivity index is 2.02. The lowest BCUT2D eigenvalue weighted by Crippen LogP contribution is -2.28. The second-order valence-electron chi connectivity index (χ2n) is 7.34. The number of fused-ring (bicyclic) bond motifs is 3. The van der Waals surface area contributed by atoms with E-state index in [0.29, 0.717) is 0 Å². The Hall–Kier alpha value is -2.35. The normalized spacial score (nSPS) is 13.8. The Bertz CT molecular complexity index is 1140. The second kappa shape index (κ2) is 6.62. The van der Waals surface area contributed by atoms with E-state index in [9.17, 15) is 0 Å². The molecule has 4 aromatic carbocycles. The molecule has 5 rings (SSSR count). The van der Waals surface area contributed by atoms with E-state index < -0.39 is 5.41 Å². The molecule has 0 radical (unpaired) electrons. The molecule has 0 nitrogen and oxygen atoms in total. The molecule has 0 unspecified atom stereocenters. The molecule has 0 aromatic heterocycles. The Morgan fingerprint density at radius 3 is 1.93 bits per heavy atom. The lowest BCUT2D eigenvalue weighted by atomic mass is 9.67. The van der Waals surface area contributed by atoms with Gasteiger partial charge in [-0.25, -0.2) is 0 Å². The van der Waals surface area contributed by atoms with Crippen molar-refractivity contribution in [2.75, 3.05) is 0 Å². The number of halogens is 2. The summed E-state index contributed by atoms with van der Waals surface area (Å²) in [6, 6.07) is 32.3. The second-order valence-corrected chi connectivity index (χ2v) is 8.63. The summed E-state index contributed by atoms with van der Waals surface area (Å²) in [5.41, 5.74) is 8.37. The van der Waals surface area contributed by atoms with Crippen molar-refractivity contribution in [3.63, 3.8) is 0 Å². The zero-order valence-electron chi connectivity index (χ0n) is 15.4. The molecule has 0 saturated heterocycles. The molecule has 0 saturated carbocycles. The Morgan fingerprint density at radius 1 is 0.714 bits per heavy atom. The van der Waals surface area contributed by atoms with Gasteiger partial charge in [-0.15, -0.1) is 0 Å². The van der Waals surface area contributed by atoms with Crippen LogP contribution in [0.25, 0.3) is 11.1 Å². The van der Waals surface area contributed by atoms with Crippen molar-refractivity contribution in [3.05, 3.63) is 128 Å². The quantitative estimate of drug-likeness (QED) is 0.260. The smallest absolute Gasteiger partial charge is 0.0714 e. The summed E-state index contributed by atoms with van der Waals surface area (Å²) in [6.45, 7) is 2.15. The van der Waals surface area contributed by atoms with Gasteiger partial charge in [-0.1, -0.05) is 100 Å². The number of hydrogen-bond acceptors (Lipinski definition) is 0. The fraction of sp³-hybridized carbons (Fsp3) is 0.0769. The van der Waals surface area contributed by atoms with Crippen molar-refractivity contribution in [1.29, 1.82) is 0 Å². The van der Waals surface area contributed by atoms with Crippen molar-refractivity contribution in [2.24, 2.45) is 0 Å². The van der Waals surface area contributed by atoms with Crippen LogP contribution in [0.5, 0.6) is 0 Å². The topological polar surface area (TPSA) is 0 Å². The van der Waals surface area contributed by atoms with Crippen molar-refractivity contribution < 1.29 is 0 Å². The number of aryl methyl sites for hydroxylation is 1. The van der Waals surface area contributed by atoms with Crippen LogP contribution in [0.15, 0.2) is 95.5 Å². The maximum atomic E-state index is 6.53. The summed E-state index contributed by atoms with van der Waals surface area (Å²) in [5, 5.41) is 0.760. The van der Waals surface area contributed by atoms with Crippen LogP contribution >= 0.6 is 27.5 Å². The molecule has 4 aromatic rings. The van der Waals surface area contributed by atoms with Gasteiger partial charge in [0.1, 0.15) is 0 Å². The van der Waals surface area contributed by atoms with Crippen molar-refractivity contribution in [2.45, 2.75) is 12.3 Å². The molecule has 0 fully saturated rings. The fourth-order valence-electron chi connectivity index (χ4n) is 4.67. The lowest BCUT2D eigenvalue weighted by Gasteiger charge is -2.34.